The summed E-state index contributed by atoms with van der Waals surface area (Å²) in [5.74, 6) is 2.12. The van der Waals surface area contributed by atoms with Crippen LogP contribution in [0.5, 0.6) is 5.75 Å². The first-order chi connectivity index (χ1) is 16.9. The third kappa shape index (κ3) is 6.10. The predicted molar refractivity (Wildman–Crippen MR) is 131 cm³/mol. The average Bonchev–Trinajstić information content (AvgIpc) is 3.24. The van der Waals surface area contributed by atoms with Crippen molar-refractivity contribution in [2.75, 3.05) is 6.61 Å². The number of aryl methyl sites for hydroxylation is 1. The van der Waals surface area contributed by atoms with Crippen molar-refractivity contribution in [3.05, 3.63) is 84.0 Å². The van der Waals surface area contributed by atoms with Crippen molar-refractivity contribution in [3.63, 3.8) is 0 Å². The van der Waals surface area contributed by atoms with E-state index in [0.717, 1.165) is 22.6 Å². The van der Waals surface area contributed by atoms with Crippen LogP contribution in [0.1, 0.15) is 36.9 Å². The normalized spacial score (nSPS) is 11.9. The highest BCUT2D eigenvalue weighted by Gasteiger charge is 2.19. The van der Waals surface area contributed by atoms with E-state index < -0.39 is 12.0 Å². The molecule has 2 aromatic heterocycles. The molecular weight excluding hydrogens is 444 g/mol. The highest BCUT2D eigenvalue weighted by Crippen LogP contribution is 2.25. The highest BCUT2D eigenvalue weighted by atomic mass is 16.5. The molecule has 0 aliphatic carbocycles. The molecule has 8 nitrogen and oxygen atoms in total. The summed E-state index contributed by atoms with van der Waals surface area (Å²) < 4.78 is 17.0. The van der Waals surface area contributed by atoms with E-state index in [1.54, 1.807) is 50.5 Å². The van der Waals surface area contributed by atoms with Crippen molar-refractivity contribution in [2.24, 2.45) is 5.73 Å². The fourth-order valence-corrected chi connectivity index (χ4v) is 3.50. The van der Waals surface area contributed by atoms with Gasteiger partial charge in [-0.1, -0.05) is 24.3 Å². The van der Waals surface area contributed by atoms with E-state index in [1.165, 1.54) is 0 Å². The number of aromatic nitrogens is 3. The van der Waals surface area contributed by atoms with Crippen LogP contribution in [0.4, 0.5) is 0 Å². The lowest BCUT2D eigenvalue weighted by molar-refractivity contribution is -0.149. The number of esters is 1. The first-order valence-corrected chi connectivity index (χ1v) is 11.4. The predicted octanol–water partition coefficient (Wildman–Crippen LogP) is 4.68. The van der Waals surface area contributed by atoms with Gasteiger partial charge in [-0.05, 0) is 56.7 Å². The number of hydrogen-bond donors (Lipinski definition) is 1. The zero-order valence-corrected chi connectivity index (χ0v) is 20.0. The van der Waals surface area contributed by atoms with E-state index in [1.807, 2.05) is 37.3 Å². The van der Waals surface area contributed by atoms with E-state index >= 15 is 0 Å². The number of nitrogens with two attached hydrogens (primary N) is 1. The molecule has 1 unspecified atom stereocenters. The first-order valence-electron chi connectivity index (χ1n) is 11.4. The van der Waals surface area contributed by atoms with Crippen molar-refractivity contribution in [2.45, 2.75) is 39.3 Å². The SMILES string of the molecule is Cc1oc(-c2ccc(-c3ncccn3)cc2)nc1CCOc1cccc(C(N)C(=O)OC(C)C)c1. The molecule has 0 aliphatic rings. The molecule has 0 radical (unpaired) electrons. The molecule has 0 spiro atoms. The zero-order valence-electron chi connectivity index (χ0n) is 20.0. The Morgan fingerprint density at radius 3 is 2.46 bits per heavy atom. The minimum Gasteiger partial charge on any atom is -0.493 e. The molecule has 0 aliphatic heterocycles. The van der Waals surface area contributed by atoms with Gasteiger partial charge in [0, 0.05) is 29.9 Å². The van der Waals surface area contributed by atoms with Crippen LogP contribution in [-0.2, 0) is 16.0 Å². The molecule has 8 heteroatoms. The number of oxazole rings is 1. The van der Waals surface area contributed by atoms with E-state index in [-0.39, 0.29) is 6.10 Å². The summed E-state index contributed by atoms with van der Waals surface area (Å²) in [6, 6.07) is 15.9. The molecule has 2 aromatic carbocycles. The molecule has 35 heavy (non-hydrogen) atoms. The van der Waals surface area contributed by atoms with Gasteiger partial charge in [0.1, 0.15) is 17.6 Å². The Hall–Kier alpha value is -4.04. The fraction of sp³-hybridized carbons (Fsp3) is 0.259. The topological polar surface area (TPSA) is 113 Å². The van der Waals surface area contributed by atoms with Crippen LogP contribution in [0.25, 0.3) is 22.8 Å². The highest BCUT2D eigenvalue weighted by molar-refractivity contribution is 5.77. The number of ether oxygens (including phenoxy) is 2. The summed E-state index contributed by atoms with van der Waals surface area (Å²) in [5.41, 5.74) is 9.29. The van der Waals surface area contributed by atoms with Crippen LogP contribution in [-0.4, -0.2) is 33.6 Å². The van der Waals surface area contributed by atoms with Crippen molar-refractivity contribution in [1.82, 2.24) is 15.0 Å². The van der Waals surface area contributed by atoms with E-state index in [0.29, 0.717) is 36.1 Å². The molecule has 180 valence electrons. The van der Waals surface area contributed by atoms with Crippen molar-refractivity contribution < 1.29 is 18.7 Å². The Kier molecular flexibility index (Phi) is 7.52. The lowest BCUT2D eigenvalue weighted by atomic mass is 10.1. The van der Waals surface area contributed by atoms with Crippen LogP contribution in [0.2, 0.25) is 0 Å². The van der Waals surface area contributed by atoms with Gasteiger partial charge in [-0.2, -0.15) is 0 Å². The third-order valence-electron chi connectivity index (χ3n) is 5.28. The quantitative estimate of drug-likeness (QED) is 0.349. The lowest BCUT2D eigenvalue weighted by Gasteiger charge is -2.15. The van der Waals surface area contributed by atoms with Gasteiger partial charge >= 0.3 is 5.97 Å². The largest absolute Gasteiger partial charge is 0.493 e. The maximum atomic E-state index is 12.1. The van der Waals surface area contributed by atoms with E-state index in [2.05, 4.69) is 15.0 Å². The Morgan fingerprint density at radius 2 is 1.74 bits per heavy atom. The molecule has 0 bridgehead atoms. The summed E-state index contributed by atoms with van der Waals surface area (Å²) in [6.07, 6.45) is 3.78. The second kappa shape index (κ2) is 10.9. The van der Waals surface area contributed by atoms with Crippen molar-refractivity contribution in [1.29, 1.82) is 0 Å². The Labute approximate surface area is 204 Å². The average molecular weight is 473 g/mol. The van der Waals surface area contributed by atoms with Gasteiger partial charge in [-0.3, -0.25) is 0 Å². The molecule has 4 rings (SSSR count). The van der Waals surface area contributed by atoms with Gasteiger partial charge in [-0.25, -0.2) is 19.7 Å². The van der Waals surface area contributed by atoms with E-state index in [4.69, 9.17) is 19.6 Å². The van der Waals surface area contributed by atoms with Gasteiger partial charge in [0.25, 0.3) is 0 Å². The smallest absolute Gasteiger partial charge is 0.327 e. The number of nitrogens with zero attached hydrogens (tertiary/aromatic N) is 3. The Morgan fingerprint density at radius 1 is 1.03 bits per heavy atom. The van der Waals surface area contributed by atoms with Gasteiger partial charge in [-0.15, -0.1) is 0 Å². The molecule has 0 saturated carbocycles. The summed E-state index contributed by atoms with van der Waals surface area (Å²) in [4.78, 5) is 25.3. The molecule has 0 saturated heterocycles. The second-order valence-electron chi connectivity index (χ2n) is 8.31. The molecule has 0 amide bonds. The second-order valence-corrected chi connectivity index (χ2v) is 8.31. The van der Waals surface area contributed by atoms with Crippen LogP contribution >= 0.6 is 0 Å². The van der Waals surface area contributed by atoms with Crippen LogP contribution in [0.3, 0.4) is 0 Å². The lowest BCUT2D eigenvalue weighted by Crippen LogP contribution is -2.26. The molecular formula is C27H28N4O4. The number of carbonyl (C=O) groups excluding carboxylic acids is 1. The number of hydrogen-bond acceptors (Lipinski definition) is 8. The summed E-state index contributed by atoms with van der Waals surface area (Å²) in [6.45, 7) is 5.86. The standard InChI is InChI=1S/C27H28N4O4/c1-17(2)34-27(32)24(28)21-6-4-7-22(16-21)33-15-12-23-18(3)35-26(31-23)20-10-8-19(9-11-20)25-29-13-5-14-30-25/h4-11,13-14,16-17,24H,12,15,28H2,1-3H3. The maximum absolute atomic E-state index is 12.1. The Balaban J connectivity index is 1.37. The van der Waals surface area contributed by atoms with Crippen molar-refractivity contribution >= 4 is 5.97 Å². The summed E-state index contributed by atoms with van der Waals surface area (Å²) in [5, 5.41) is 0. The van der Waals surface area contributed by atoms with Gasteiger partial charge in [0.05, 0.1) is 18.4 Å². The Bertz CT molecular complexity index is 1270. The van der Waals surface area contributed by atoms with Gasteiger partial charge in [0.2, 0.25) is 5.89 Å². The zero-order chi connectivity index (χ0) is 24.8. The molecule has 1 atom stereocenters. The summed E-state index contributed by atoms with van der Waals surface area (Å²) in [7, 11) is 0. The minimum absolute atomic E-state index is 0.223. The van der Waals surface area contributed by atoms with Gasteiger partial charge < -0.3 is 19.6 Å². The molecule has 2 heterocycles. The minimum atomic E-state index is -0.860. The number of benzene rings is 2. The molecule has 2 N–H and O–H groups in total. The first kappa shape index (κ1) is 24.1. The number of rotatable bonds is 9. The maximum Gasteiger partial charge on any atom is 0.327 e. The fourth-order valence-electron chi connectivity index (χ4n) is 3.50. The monoisotopic (exact) mass is 472 g/mol. The van der Waals surface area contributed by atoms with Gasteiger partial charge in [0.15, 0.2) is 5.82 Å². The van der Waals surface area contributed by atoms with Crippen LogP contribution < -0.4 is 10.5 Å². The van der Waals surface area contributed by atoms with Crippen LogP contribution in [0, 0.1) is 6.92 Å². The van der Waals surface area contributed by atoms with Crippen molar-refractivity contribution in [3.8, 4) is 28.6 Å². The summed E-state index contributed by atoms with van der Waals surface area (Å²) >= 11 is 0. The molecule has 0 fully saturated rings. The number of carbonyl (C=O) groups is 1. The van der Waals surface area contributed by atoms with E-state index in [9.17, 15) is 4.79 Å². The van der Waals surface area contributed by atoms with Crippen LogP contribution in [0.15, 0.2) is 71.4 Å². The third-order valence-corrected chi connectivity index (χ3v) is 5.28. The molecule has 4 aromatic rings.